The Morgan fingerprint density at radius 1 is 0.450 bits per heavy atom. The number of para-hydroxylation sites is 1. The lowest BCUT2D eigenvalue weighted by molar-refractivity contribution is -0.119. The van der Waals surface area contributed by atoms with Gasteiger partial charge in [0, 0.05) is 22.3 Å². The van der Waals surface area contributed by atoms with E-state index in [1.807, 2.05) is 66.7 Å². The molecule has 0 heterocycles. The Balaban J connectivity index is 1.69. The number of carbonyl (C=O) groups excluding carboxylic acids is 3. The molecule has 0 N–H and O–H groups in total. The van der Waals surface area contributed by atoms with Crippen molar-refractivity contribution in [2.75, 3.05) is 5.01 Å². The van der Waals surface area contributed by atoms with Gasteiger partial charge in [-0.25, -0.2) is 0 Å². The van der Waals surface area contributed by atoms with E-state index in [-0.39, 0.29) is 11.1 Å². The van der Waals surface area contributed by atoms with Crippen LogP contribution < -0.4 is 5.01 Å². The number of ketones is 2. The smallest absolute Gasteiger partial charge is 0.266 e. The van der Waals surface area contributed by atoms with E-state index in [0.717, 1.165) is 11.1 Å². The first-order valence-corrected chi connectivity index (χ1v) is 12.9. The van der Waals surface area contributed by atoms with Crippen LogP contribution in [-0.4, -0.2) is 23.2 Å². The van der Waals surface area contributed by atoms with E-state index >= 15 is 0 Å². The number of carbonyl (C=O) groups is 3. The van der Waals surface area contributed by atoms with Crippen LogP contribution in [0.4, 0.5) is 5.69 Å². The third kappa shape index (κ3) is 5.84. The number of rotatable bonds is 9. The third-order valence-electron chi connectivity index (χ3n) is 6.39. The Kier molecular flexibility index (Phi) is 8.13. The first-order chi connectivity index (χ1) is 19.6. The van der Waals surface area contributed by atoms with E-state index in [9.17, 15) is 14.4 Å². The average Bonchev–Trinajstić information content (AvgIpc) is 3.03. The van der Waals surface area contributed by atoms with E-state index in [0.29, 0.717) is 11.4 Å². The highest BCUT2D eigenvalue weighted by Gasteiger charge is 2.39. The minimum absolute atomic E-state index is 0.272. The lowest BCUT2D eigenvalue weighted by Gasteiger charge is -2.24. The van der Waals surface area contributed by atoms with E-state index < -0.39 is 23.4 Å². The molecule has 1 amide bonds. The number of hydrazone groups is 1. The normalized spacial score (nSPS) is 10.5. The minimum atomic E-state index is -1.64. The Hall–Kier alpha value is -5.42. The predicted molar refractivity (Wildman–Crippen MR) is 157 cm³/mol. The van der Waals surface area contributed by atoms with Gasteiger partial charge in [0.25, 0.3) is 5.91 Å². The highest BCUT2D eigenvalue weighted by atomic mass is 16.2. The lowest BCUT2D eigenvalue weighted by Crippen LogP contribution is -2.42. The molecule has 0 saturated carbocycles. The number of Topliss-reactive ketones (excluding diaryl/α,β-unsaturated/α-hetero) is 2. The van der Waals surface area contributed by atoms with E-state index in [4.69, 9.17) is 5.10 Å². The molecule has 0 aromatic heterocycles. The molecule has 194 valence electrons. The van der Waals surface area contributed by atoms with Gasteiger partial charge in [-0.1, -0.05) is 140 Å². The van der Waals surface area contributed by atoms with Crippen LogP contribution in [0.25, 0.3) is 0 Å². The van der Waals surface area contributed by atoms with Crippen LogP contribution in [0.1, 0.15) is 31.8 Å². The molecule has 5 rings (SSSR count). The molecule has 5 heteroatoms. The van der Waals surface area contributed by atoms with Crippen LogP contribution in [0.3, 0.4) is 0 Å². The van der Waals surface area contributed by atoms with Crippen molar-refractivity contribution in [2.45, 2.75) is 0 Å². The van der Waals surface area contributed by atoms with Gasteiger partial charge in [-0.05, 0) is 12.1 Å². The average molecular weight is 523 g/mol. The Bertz CT molecular complexity index is 1530. The second kappa shape index (κ2) is 12.4. The second-order valence-corrected chi connectivity index (χ2v) is 9.06. The Labute approximate surface area is 233 Å². The summed E-state index contributed by atoms with van der Waals surface area (Å²) in [6.45, 7) is 0. The van der Waals surface area contributed by atoms with Crippen LogP contribution in [0.5, 0.6) is 0 Å². The van der Waals surface area contributed by atoms with Gasteiger partial charge < -0.3 is 0 Å². The van der Waals surface area contributed by atoms with Crippen LogP contribution in [0.15, 0.2) is 157 Å². The Morgan fingerprint density at radius 3 is 1.15 bits per heavy atom. The van der Waals surface area contributed by atoms with Gasteiger partial charge in [-0.3, -0.25) is 14.4 Å². The maximum absolute atomic E-state index is 14.4. The highest BCUT2D eigenvalue weighted by molar-refractivity contribution is 6.30. The van der Waals surface area contributed by atoms with Crippen molar-refractivity contribution in [1.82, 2.24) is 0 Å². The zero-order chi connectivity index (χ0) is 27.7. The maximum atomic E-state index is 14.4. The van der Waals surface area contributed by atoms with Crippen molar-refractivity contribution in [1.29, 1.82) is 0 Å². The van der Waals surface area contributed by atoms with Crippen LogP contribution in [0, 0.1) is 5.92 Å². The van der Waals surface area contributed by atoms with Crippen molar-refractivity contribution >= 4 is 28.9 Å². The van der Waals surface area contributed by atoms with Crippen molar-refractivity contribution in [2.24, 2.45) is 11.0 Å². The molecule has 0 unspecified atom stereocenters. The molecule has 0 aliphatic rings. The number of hydrogen-bond acceptors (Lipinski definition) is 4. The molecule has 0 aliphatic carbocycles. The molecule has 0 aliphatic heterocycles. The van der Waals surface area contributed by atoms with Crippen LogP contribution >= 0.6 is 0 Å². The van der Waals surface area contributed by atoms with Gasteiger partial charge >= 0.3 is 0 Å². The molecule has 5 nitrogen and oxygen atoms in total. The first kappa shape index (κ1) is 26.2. The summed E-state index contributed by atoms with van der Waals surface area (Å²) in [5, 5.41) is 6.04. The maximum Gasteiger partial charge on any atom is 0.266 e. The minimum Gasteiger partial charge on any atom is -0.293 e. The molecule has 0 atom stereocenters. The van der Waals surface area contributed by atoms with Crippen molar-refractivity contribution in [3.8, 4) is 0 Å². The van der Waals surface area contributed by atoms with Gasteiger partial charge in [-0.15, -0.1) is 0 Å². The highest BCUT2D eigenvalue weighted by Crippen LogP contribution is 2.24. The molecule has 5 aromatic rings. The van der Waals surface area contributed by atoms with Gasteiger partial charge in [0.05, 0.1) is 11.4 Å². The number of nitrogens with zero attached hydrogens (tertiary/aromatic N) is 2. The van der Waals surface area contributed by atoms with Gasteiger partial charge in [0.15, 0.2) is 17.5 Å². The largest absolute Gasteiger partial charge is 0.293 e. The molecule has 0 bridgehead atoms. The molecular weight excluding hydrogens is 496 g/mol. The SMILES string of the molecule is O=C(c1ccccc1)C(C(=O)c1ccccc1)C(=O)N(N=C(c1ccccc1)c1ccccc1)c1ccccc1. The monoisotopic (exact) mass is 522 g/mol. The number of amides is 1. The second-order valence-electron chi connectivity index (χ2n) is 9.06. The van der Waals surface area contributed by atoms with E-state index in [2.05, 4.69) is 0 Å². The number of hydrogen-bond donors (Lipinski definition) is 0. The predicted octanol–water partition coefficient (Wildman–Crippen LogP) is 6.85. The number of anilines is 1. The van der Waals surface area contributed by atoms with Crippen molar-refractivity contribution in [3.63, 3.8) is 0 Å². The van der Waals surface area contributed by atoms with E-state index in [1.165, 1.54) is 5.01 Å². The summed E-state index contributed by atoms with van der Waals surface area (Å²) in [6, 6.07) is 44.6. The summed E-state index contributed by atoms with van der Waals surface area (Å²) < 4.78 is 0. The standard InChI is InChI=1S/C35H26N2O3/c38-33(28-20-10-3-11-21-28)31(34(39)29-22-12-4-13-23-29)35(40)37(30-24-14-5-15-25-30)36-32(26-16-6-1-7-17-26)27-18-8-2-9-19-27/h1-25,31H. The molecule has 40 heavy (non-hydrogen) atoms. The molecule has 0 radical (unpaired) electrons. The summed E-state index contributed by atoms with van der Waals surface area (Å²) in [7, 11) is 0. The van der Waals surface area contributed by atoms with Crippen LogP contribution in [-0.2, 0) is 4.79 Å². The quantitative estimate of drug-likeness (QED) is 0.0920. The lowest BCUT2D eigenvalue weighted by atomic mass is 9.89. The van der Waals surface area contributed by atoms with Gasteiger partial charge in [0.2, 0.25) is 0 Å². The van der Waals surface area contributed by atoms with Crippen LogP contribution in [0.2, 0.25) is 0 Å². The summed E-state index contributed by atoms with van der Waals surface area (Å²) >= 11 is 0. The molecule has 0 fully saturated rings. The molecule has 0 spiro atoms. The fraction of sp³-hybridized carbons (Fsp3) is 0.0286. The molecular formula is C35H26N2O3. The zero-order valence-corrected chi connectivity index (χ0v) is 21.6. The third-order valence-corrected chi connectivity index (χ3v) is 6.39. The van der Waals surface area contributed by atoms with Crippen molar-refractivity contribution in [3.05, 3.63) is 174 Å². The van der Waals surface area contributed by atoms with Gasteiger partial charge in [-0.2, -0.15) is 10.1 Å². The summed E-state index contributed by atoms with van der Waals surface area (Å²) in [4.78, 5) is 42.1. The summed E-state index contributed by atoms with van der Waals surface area (Å²) in [6.07, 6.45) is 0. The Morgan fingerprint density at radius 2 is 0.775 bits per heavy atom. The van der Waals surface area contributed by atoms with Crippen molar-refractivity contribution < 1.29 is 14.4 Å². The zero-order valence-electron chi connectivity index (χ0n) is 21.6. The summed E-state index contributed by atoms with van der Waals surface area (Å²) in [5.41, 5.74) is 3.06. The fourth-order valence-electron chi connectivity index (χ4n) is 4.38. The molecule has 0 saturated heterocycles. The first-order valence-electron chi connectivity index (χ1n) is 12.9. The summed E-state index contributed by atoms with van der Waals surface area (Å²) in [5.74, 6) is -3.55. The molecule has 5 aromatic carbocycles. The topological polar surface area (TPSA) is 66.8 Å². The fourth-order valence-corrected chi connectivity index (χ4v) is 4.38. The van der Waals surface area contributed by atoms with Gasteiger partial charge in [0.1, 0.15) is 0 Å². The number of benzene rings is 5. The van der Waals surface area contributed by atoms with E-state index in [1.54, 1.807) is 84.9 Å².